The van der Waals surface area contributed by atoms with Crippen LogP contribution in [0.1, 0.15) is 62.6 Å². The number of nitrogens with zero attached hydrogens (tertiary/aromatic N) is 3. The highest BCUT2D eigenvalue weighted by Crippen LogP contribution is 2.20. The Morgan fingerprint density at radius 1 is 1.33 bits per heavy atom. The third kappa shape index (κ3) is 3.83. The third-order valence-corrected chi connectivity index (χ3v) is 3.75. The van der Waals surface area contributed by atoms with Crippen LogP contribution < -0.4 is 0 Å². The minimum atomic E-state index is -1.01. The van der Waals surface area contributed by atoms with E-state index in [4.69, 9.17) is 5.11 Å². The molecule has 6 nitrogen and oxygen atoms in total. The van der Waals surface area contributed by atoms with Gasteiger partial charge in [-0.15, -0.1) is 0 Å². The van der Waals surface area contributed by atoms with Crippen molar-refractivity contribution in [3.05, 3.63) is 17.5 Å². The normalized spacial score (nSPS) is 11.2. The summed E-state index contributed by atoms with van der Waals surface area (Å²) in [5, 5.41) is 13.3. The number of carboxylic acids is 1. The van der Waals surface area contributed by atoms with Gasteiger partial charge in [0, 0.05) is 11.7 Å². The van der Waals surface area contributed by atoms with E-state index in [0.29, 0.717) is 5.56 Å². The Kier molecular flexibility index (Phi) is 5.93. The Morgan fingerprint density at radius 3 is 2.33 bits per heavy atom. The van der Waals surface area contributed by atoms with Gasteiger partial charge in [-0.2, -0.15) is 5.10 Å². The molecule has 0 saturated heterocycles. The fourth-order valence-corrected chi connectivity index (χ4v) is 2.43. The summed E-state index contributed by atoms with van der Waals surface area (Å²) in [5.74, 6) is -1.29. The molecule has 0 aliphatic rings. The van der Waals surface area contributed by atoms with Crippen LogP contribution in [0.3, 0.4) is 0 Å². The fraction of sp³-hybridized carbons (Fsp3) is 0.667. The van der Waals surface area contributed by atoms with Crippen LogP contribution in [0.4, 0.5) is 0 Å². The van der Waals surface area contributed by atoms with Crippen LogP contribution in [0.15, 0.2) is 6.20 Å². The Labute approximate surface area is 125 Å². The van der Waals surface area contributed by atoms with Gasteiger partial charge in [-0.25, -0.2) is 0 Å². The first-order valence-corrected chi connectivity index (χ1v) is 7.40. The van der Waals surface area contributed by atoms with E-state index in [2.05, 4.69) is 18.9 Å². The topological polar surface area (TPSA) is 75.4 Å². The molecule has 0 radical (unpaired) electrons. The van der Waals surface area contributed by atoms with E-state index < -0.39 is 5.97 Å². The van der Waals surface area contributed by atoms with Gasteiger partial charge in [0.2, 0.25) is 0 Å². The first-order chi connectivity index (χ1) is 9.83. The number of carbonyl (C=O) groups excluding carboxylic acids is 1. The Morgan fingerprint density at radius 2 is 1.90 bits per heavy atom. The van der Waals surface area contributed by atoms with Crippen LogP contribution in [0.5, 0.6) is 0 Å². The van der Waals surface area contributed by atoms with Gasteiger partial charge in [-0.1, -0.05) is 13.8 Å². The second-order valence-corrected chi connectivity index (χ2v) is 5.48. The maximum atomic E-state index is 12.6. The van der Waals surface area contributed by atoms with Gasteiger partial charge in [0.05, 0.1) is 17.8 Å². The van der Waals surface area contributed by atoms with Crippen molar-refractivity contribution in [2.75, 3.05) is 6.54 Å². The number of carboxylic acid groups (broad SMARTS) is 1. The van der Waals surface area contributed by atoms with Gasteiger partial charge in [0.25, 0.3) is 5.91 Å². The summed E-state index contributed by atoms with van der Waals surface area (Å²) >= 11 is 0. The predicted octanol–water partition coefficient (Wildman–Crippen LogP) is 2.49. The van der Waals surface area contributed by atoms with Crippen LogP contribution in [0.2, 0.25) is 0 Å². The summed E-state index contributed by atoms with van der Waals surface area (Å²) in [6.45, 7) is 9.34. The van der Waals surface area contributed by atoms with Gasteiger partial charge < -0.3 is 10.0 Å². The van der Waals surface area contributed by atoms with Crippen LogP contribution >= 0.6 is 0 Å². The molecule has 0 unspecified atom stereocenters. The first kappa shape index (κ1) is 17.2. The van der Waals surface area contributed by atoms with E-state index in [-0.39, 0.29) is 24.5 Å². The monoisotopic (exact) mass is 295 g/mol. The number of hydrogen-bond acceptors (Lipinski definition) is 3. The minimum Gasteiger partial charge on any atom is -0.480 e. The van der Waals surface area contributed by atoms with Gasteiger partial charge >= 0.3 is 5.97 Å². The standard InChI is InChI=1S/C15H25N3O3/c1-6-12(7-2)18-11(5)13(8-16-18)15(21)17(10(3)4)9-14(19)20/h8,10,12H,6-7,9H2,1-5H3,(H,19,20). The number of carbonyl (C=O) groups is 2. The van der Waals surface area contributed by atoms with E-state index in [9.17, 15) is 9.59 Å². The number of amides is 1. The molecule has 0 saturated carbocycles. The molecule has 21 heavy (non-hydrogen) atoms. The van der Waals surface area contributed by atoms with Crippen molar-refractivity contribution in [3.63, 3.8) is 0 Å². The van der Waals surface area contributed by atoms with E-state index in [0.717, 1.165) is 18.5 Å². The third-order valence-electron chi connectivity index (χ3n) is 3.75. The molecule has 1 N–H and O–H groups in total. The zero-order valence-electron chi connectivity index (χ0n) is 13.5. The lowest BCUT2D eigenvalue weighted by atomic mass is 10.1. The lowest BCUT2D eigenvalue weighted by Gasteiger charge is -2.25. The number of aromatic nitrogens is 2. The van der Waals surface area contributed by atoms with Crippen molar-refractivity contribution in [1.29, 1.82) is 0 Å². The first-order valence-electron chi connectivity index (χ1n) is 7.40. The van der Waals surface area contributed by atoms with E-state index in [1.54, 1.807) is 6.20 Å². The molecule has 1 heterocycles. The van der Waals surface area contributed by atoms with Crippen LogP contribution in [-0.2, 0) is 4.79 Å². The molecule has 0 atom stereocenters. The Bertz CT molecular complexity index is 504. The van der Waals surface area contributed by atoms with Gasteiger partial charge in [-0.3, -0.25) is 14.3 Å². The highest BCUT2D eigenvalue weighted by molar-refractivity contribution is 5.96. The molecule has 0 fully saturated rings. The molecule has 0 aromatic carbocycles. The van der Waals surface area contributed by atoms with Crippen molar-refractivity contribution in [2.24, 2.45) is 0 Å². The smallest absolute Gasteiger partial charge is 0.323 e. The molecule has 1 rings (SSSR count). The lowest BCUT2D eigenvalue weighted by Crippen LogP contribution is -2.40. The van der Waals surface area contributed by atoms with Gasteiger partial charge in [0.15, 0.2) is 0 Å². The van der Waals surface area contributed by atoms with Gasteiger partial charge in [0.1, 0.15) is 6.54 Å². The van der Waals surface area contributed by atoms with Crippen LogP contribution in [0.25, 0.3) is 0 Å². The van der Waals surface area contributed by atoms with Crippen LogP contribution in [-0.4, -0.2) is 44.3 Å². The zero-order valence-corrected chi connectivity index (χ0v) is 13.5. The summed E-state index contributed by atoms with van der Waals surface area (Å²) in [6.07, 6.45) is 3.43. The molecule has 1 aromatic heterocycles. The highest BCUT2D eigenvalue weighted by atomic mass is 16.4. The molecular weight excluding hydrogens is 270 g/mol. The van der Waals surface area contributed by atoms with E-state index in [1.165, 1.54) is 4.90 Å². The van der Waals surface area contributed by atoms with Crippen LogP contribution in [0, 0.1) is 6.92 Å². The molecule has 0 aliphatic carbocycles. The molecule has 118 valence electrons. The SMILES string of the molecule is CCC(CC)n1ncc(C(=O)N(CC(=O)O)C(C)C)c1C. The Hall–Kier alpha value is -1.85. The maximum absolute atomic E-state index is 12.6. The van der Waals surface area contributed by atoms with Crippen molar-refractivity contribution in [2.45, 2.75) is 59.5 Å². The molecular formula is C15H25N3O3. The summed E-state index contributed by atoms with van der Waals surface area (Å²) in [5.41, 5.74) is 1.28. The second-order valence-electron chi connectivity index (χ2n) is 5.48. The largest absolute Gasteiger partial charge is 0.480 e. The van der Waals surface area contributed by atoms with Crippen molar-refractivity contribution >= 4 is 11.9 Å². The second kappa shape index (κ2) is 7.24. The van der Waals surface area contributed by atoms with Crippen molar-refractivity contribution in [1.82, 2.24) is 14.7 Å². The lowest BCUT2D eigenvalue weighted by molar-refractivity contribution is -0.138. The van der Waals surface area contributed by atoms with Crippen molar-refractivity contribution < 1.29 is 14.7 Å². The molecule has 0 bridgehead atoms. The Balaban J connectivity index is 3.09. The van der Waals surface area contributed by atoms with Crippen molar-refractivity contribution in [3.8, 4) is 0 Å². The number of aliphatic carboxylic acids is 1. The zero-order chi connectivity index (χ0) is 16.2. The molecule has 1 amide bonds. The fourth-order valence-electron chi connectivity index (χ4n) is 2.43. The predicted molar refractivity (Wildman–Crippen MR) is 80.4 cm³/mol. The quantitative estimate of drug-likeness (QED) is 0.838. The minimum absolute atomic E-state index is 0.176. The van der Waals surface area contributed by atoms with E-state index in [1.807, 2.05) is 25.5 Å². The average Bonchev–Trinajstić information content (AvgIpc) is 2.79. The summed E-state index contributed by atoms with van der Waals surface area (Å²) in [6, 6.07) is 0.0861. The summed E-state index contributed by atoms with van der Waals surface area (Å²) < 4.78 is 1.87. The highest BCUT2D eigenvalue weighted by Gasteiger charge is 2.25. The summed E-state index contributed by atoms with van der Waals surface area (Å²) in [4.78, 5) is 24.8. The molecule has 1 aromatic rings. The average molecular weight is 295 g/mol. The maximum Gasteiger partial charge on any atom is 0.323 e. The number of rotatable bonds is 7. The van der Waals surface area contributed by atoms with Gasteiger partial charge in [-0.05, 0) is 33.6 Å². The number of hydrogen-bond donors (Lipinski definition) is 1. The summed E-state index contributed by atoms with van der Waals surface area (Å²) in [7, 11) is 0. The molecule has 0 aliphatic heterocycles. The molecule has 0 spiro atoms. The molecule has 6 heteroatoms. The van der Waals surface area contributed by atoms with E-state index >= 15 is 0 Å².